The minimum absolute atomic E-state index is 0.207. The largest absolute Gasteiger partial charge is 0.497 e. The van der Waals surface area contributed by atoms with Crippen LogP contribution in [0.3, 0.4) is 0 Å². The summed E-state index contributed by atoms with van der Waals surface area (Å²) in [5, 5.41) is 0.0119. The van der Waals surface area contributed by atoms with Gasteiger partial charge in [0.2, 0.25) is 11.8 Å². The number of rotatable bonds is 3. The van der Waals surface area contributed by atoms with Crippen molar-refractivity contribution in [2.24, 2.45) is 5.92 Å². The van der Waals surface area contributed by atoms with Crippen LogP contribution < -0.4 is 14.5 Å². The summed E-state index contributed by atoms with van der Waals surface area (Å²) in [4.78, 5) is 43.0. The number of ether oxygens (including phenoxy) is 1. The summed E-state index contributed by atoms with van der Waals surface area (Å²) in [7, 11) is 1.56. The van der Waals surface area contributed by atoms with Crippen molar-refractivity contribution in [2.45, 2.75) is 16.2 Å². The van der Waals surface area contributed by atoms with Gasteiger partial charge >= 0.3 is 4.87 Å². The lowest BCUT2D eigenvalue weighted by Gasteiger charge is -2.27. The zero-order valence-corrected chi connectivity index (χ0v) is 16.2. The number of nitrogens with zero attached hydrogens (tertiary/aromatic N) is 1. The van der Waals surface area contributed by atoms with Gasteiger partial charge in [0.15, 0.2) is 0 Å². The summed E-state index contributed by atoms with van der Waals surface area (Å²) in [6, 6.07) is 10.3. The average molecular weight is 414 g/mol. The molecular formula is C19H14N2O5S2. The second-order valence-corrected chi connectivity index (χ2v) is 8.64. The number of nitrogens with one attached hydrogen (secondary N) is 1. The zero-order chi connectivity index (χ0) is 19.4. The number of imide groups is 1. The van der Waals surface area contributed by atoms with Crippen molar-refractivity contribution in [1.82, 2.24) is 4.98 Å². The van der Waals surface area contributed by atoms with E-state index in [9.17, 15) is 14.4 Å². The second-order valence-electron chi connectivity index (χ2n) is 6.48. The number of benzene rings is 1. The molecule has 2 aliphatic heterocycles. The van der Waals surface area contributed by atoms with E-state index in [-0.39, 0.29) is 16.7 Å². The van der Waals surface area contributed by atoms with Crippen LogP contribution in [0.2, 0.25) is 0 Å². The topological polar surface area (TPSA) is 92.6 Å². The Bertz CT molecular complexity index is 1120. The molecule has 0 bridgehead atoms. The average Bonchev–Trinajstić information content (AvgIpc) is 3.40. The Kier molecular flexibility index (Phi) is 3.95. The summed E-state index contributed by atoms with van der Waals surface area (Å²) in [5.41, 5.74) is 0.501. The fourth-order valence-electron chi connectivity index (χ4n) is 3.78. The molecule has 7 nitrogen and oxygen atoms in total. The number of carbonyl (C=O) groups is 2. The minimum Gasteiger partial charge on any atom is -0.497 e. The lowest BCUT2D eigenvalue weighted by Crippen LogP contribution is -2.32. The molecule has 28 heavy (non-hydrogen) atoms. The Morgan fingerprint density at radius 1 is 1.11 bits per heavy atom. The van der Waals surface area contributed by atoms with Crippen molar-refractivity contribution in [2.75, 3.05) is 12.0 Å². The first-order valence-corrected chi connectivity index (χ1v) is 10.2. The number of aromatic nitrogens is 1. The van der Waals surface area contributed by atoms with E-state index in [1.165, 1.54) is 22.9 Å². The number of anilines is 1. The molecule has 2 amide bonds. The van der Waals surface area contributed by atoms with Gasteiger partial charge in [-0.1, -0.05) is 23.1 Å². The Morgan fingerprint density at radius 3 is 2.57 bits per heavy atom. The van der Waals surface area contributed by atoms with Crippen LogP contribution in [0.15, 0.2) is 56.9 Å². The predicted molar refractivity (Wildman–Crippen MR) is 104 cm³/mol. The van der Waals surface area contributed by atoms with Crippen molar-refractivity contribution in [1.29, 1.82) is 0 Å². The van der Waals surface area contributed by atoms with Crippen molar-refractivity contribution >= 4 is 40.6 Å². The molecule has 1 N–H and O–H groups in total. The number of thioether (sulfide) groups is 1. The van der Waals surface area contributed by atoms with Crippen LogP contribution in [0.5, 0.6) is 5.75 Å². The number of hydrogen-bond donors (Lipinski definition) is 1. The molecule has 4 heterocycles. The number of thiazole rings is 1. The maximum atomic E-state index is 13.4. The number of fused-ring (bicyclic) bond motifs is 2. The van der Waals surface area contributed by atoms with E-state index in [0.29, 0.717) is 22.2 Å². The third-order valence-corrected chi connectivity index (χ3v) is 7.41. The van der Waals surface area contributed by atoms with E-state index in [2.05, 4.69) is 4.98 Å². The van der Waals surface area contributed by atoms with E-state index in [1.807, 2.05) is 0 Å². The molecule has 2 aromatic heterocycles. The number of amides is 2. The van der Waals surface area contributed by atoms with Gasteiger partial charge in [0.05, 0.1) is 40.8 Å². The van der Waals surface area contributed by atoms with E-state index < -0.39 is 17.1 Å². The quantitative estimate of drug-likeness (QED) is 0.663. The normalized spacial score (nSPS) is 23.6. The number of hydrogen-bond acceptors (Lipinski definition) is 7. The molecule has 0 aliphatic carbocycles. The number of furan rings is 1. The molecule has 0 unspecified atom stereocenters. The van der Waals surface area contributed by atoms with E-state index >= 15 is 0 Å². The first kappa shape index (κ1) is 17.3. The fourth-order valence-corrected chi connectivity index (χ4v) is 6.27. The molecule has 0 radical (unpaired) electrons. The van der Waals surface area contributed by atoms with Crippen LogP contribution in [-0.4, -0.2) is 29.2 Å². The standard InChI is InChI=1S/C19H14N2O5S2/c1-25-10-6-4-9(5-7-10)21-17(22)13-12(11-3-2-8-26-11)14-16(20-19(24)28-14)27-15(13)18(21)23/h2-8,12-13,15H,1H3,(H,20,24)/t12-,13-,15+/m0/s1. The summed E-state index contributed by atoms with van der Waals surface area (Å²) in [6.07, 6.45) is 1.53. The van der Waals surface area contributed by atoms with Gasteiger partial charge in [0, 0.05) is 0 Å². The molecule has 1 saturated heterocycles. The number of carbonyl (C=O) groups excluding carboxylic acids is 2. The lowest BCUT2D eigenvalue weighted by molar-refractivity contribution is -0.122. The zero-order valence-electron chi connectivity index (χ0n) is 14.6. The molecule has 1 aromatic carbocycles. The Labute approximate surface area is 167 Å². The Hall–Kier alpha value is -2.78. The summed E-state index contributed by atoms with van der Waals surface area (Å²) in [6.45, 7) is 0. The van der Waals surface area contributed by atoms with Gasteiger partial charge < -0.3 is 14.1 Å². The summed E-state index contributed by atoms with van der Waals surface area (Å²) in [5.74, 6) is -0.475. The van der Waals surface area contributed by atoms with E-state index in [1.54, 1.807) is 43.5 Å². The molecular weight excluding hydrogens is 400 g/mol. The van der Waals surface area contributed by atoms with Crippen LogP contribution in [0, 0.1) is 5.92 Å². The maximum Gasteiger partial charge on any atom is 0.305 e. The molecule has 1 fully saturated rings. The lowest BCUT2D eigenvalue weighted by atomic mass is 9.87. The first-order valence-electron chi connectivity index (χ1n) is 8.53. The fraction of sp³-hybridized carbons (Fsp3) is 0.211. The molecule has 0 spiro atoms. The smallest absolute Gasteiger partial charge is 0.305 e. The maximum absolute atomic E-state index is 13.4. The van der Waals surface area contributed by atoms with Crippen molar-refractivity contribution in [3.63, 3.8) is 0 Å². The van der Waals surface area contributed by atoms with Gasteiger partial charge in [0.1, 0.15) is 16.8 Å². The molecule has 3 aromatic rings. The van der Waals surface area contributed by atoms with E-state index in [4.69, 9.17) is 9.15 Å². The number of aromatic amines is 1. The number of H-pyrrole nitrogens is 1. The van der Waals surface area contributed by atoms with Crippen LogP contribution in [0.25, 0.3) is 0 Å². The second kappa shape index (κ2) is 6.39. The molecule has 5 rings (SSSR count). The van der Waals surface area contributed by atoms with Gasteiger partial charge in [-0.3, -0.25) is 14.4 Å². The third kappa shape index (κ3) is 2.46. The van der Waals surface area contributed by atoms with Crippen LogP contribution in [-0.2, 0) is 9.59 Å². The van der Waals surface area contributed by atoms with E-state index in [0.717, 1.165) is 16.2 Å². The van der Waals surface area contributed by atoms with Crippen molar-refractivity contribution < 1.29 is 18.7 Å². The highest BCUT2D eigenvalue weighted by Crippen LogP contribution is 2.53. The first-order chi connectivity index (χ1) is 13.6. The van der Waals surface area contributed by atoms with Crippen molar-refractivity contribution in [3.8, 4) is 5.75 Å². The van der Waals surface area contributed by atoms with Gasteiger partial charge in [-0.15, -0.1) is 0 Å². The Morgan fingerprint density at radius 2 is 1.89 bits per heavy atom. The molecule has 142 valence electrons. The Balaban J connectivity index is 1.61. The van der Waals surface area contributed by atoms with Crippen molar-refractivity contribution in [3.05, 3.63) is 63.0 Å². The van der Waals surface area contributed by atoms with Gasteiger partial charge in [-0.2, -0.15) is 0 Å². The van der Waals surface area contributed by atoms with Crippen LogP contribution in [0.1, 0.15) is 16.6 Å². The monoisotopic (exact) mass is 414 g/mol. The molecule has 3 atom stereocenters. The van der Waals surface area contributed by atoms with Gasteiger partial charge in [-0.25, -0.2) is 4.90 Å². The van der Waals surface area contributed by atoms with Gasteiger partial charge in [0.25, 0.3) is 0 Å². The van der Waals surface area contributed by atoms with Crippen LogP contribution >= 0.6 is 23.1 Å². The SMILES string of the molecule is COc1ccc(N2C(=O)[C@H]3[C@H](c4ccco4)c4sc(=O)[nH]c4S[C@H]3C2=O)cc1. The molecule has 9 heteroatoms. The van der Waals surface area contributed by atoms with Gasteiger partial charge in [-0.05, 0) is 36.4 Å². The highest BCUT2D eigenvalue weighted by molar-refractivity contribution is 8.00. The summed E-state index contributed by atoms with van der Waals surface area (Å²) >= 11 is 2.30. The highest BCUT2D eigenvalue weighted by Gasteiger charge is 2.57. The predicted octanol–water partition coefficient (Wildman–Crippen LogP) is 2.83. The summed E-state index contributed by atoms with van der Waals surface area (Å²) < 4.78 is 10.7. The van der Waals surface area contributed by atoms with Crippen LogP contribution in [0.4, 0.5) is 5.69 Å². The number of methoxy groups -OCH3 is 1. The highest BCUT2D eigenvalue weighted by atomic mass is 32.2. The third-order valence-electron chi connectivity index (χ3n) is 5.00. The molecule has 0 saturated carbocycles. The molecule has 2 aliphatic rings. The minimum atomic E-state index is -0.635.